The molecule has 0 spiro atoms. The molecule has 2 N–H and O–H groups in total. The number of ether oxygens (including phenoxy) is 2. The van der Waals surface area contributed by atoms with Crippen molar-refractivity contribution in [3.8, 4) is 0 Å². The molecule has 2 amide bonds. The Morgan fingerprint density at radius 3 is 1.60 bits per heavy atom. The maximum absolute atomic E-state index is 13.7. The van der Waals surface area contributed by atoms with Crippen LogP contribution in [-0.4, -0.2) is 36.2 Å². The molecule has 0 fully saturated rings. The standard InChI is InChI=1S/C33H40N2O5/c1-5-39-30(37)24-22-28(34-31(38)40-32(2,3)4)21-23-29(36)35-33(25-15-9-6-10-16-25,26-17-11-7-12-18-26)27-19-13-8-14-20-27/h6-20,28H,5,21-24H2,1-4H3,(H,34,38)(H,35,36)/t28-/m0/s1. The highest BCUT2D eigenvalue weighted by Crippen LogP contribution is 2.37. The van der Waals surface area contributed by atoms with Crippen LogP contribution in [0.1, 0.15) is 70.1 Å². The molecule has 0 saturated carbocycles. The molecule has 0 saturated heterocycles. The number of rotatable bonds is 12. The van der Waals surface area contributed by atoms with E-state index in [1.54, 1.807) is 27.7 Å². The van der Waals surface area contributed by atoms with Crippen molar-refractivity contribution in [3.05, 3.63) is 108 Å². The molecule has 1 atom stereocenters. The summed E-state index contributed by atoms with van der Waals surface area (Å²) >= 11 is 0. The summed E-state index contributed by atoms with van der Waals surface area (Å²) in [7, 11) is 0. The molecule has 3 aromatic carbocycles. The number of benzene rings is 3. The minimum absolute atomic E-state index is 0.123. The van der Waals surface area contributed by atoms with Crippen LogP contribution in [0.15, 0.2) is 91.0 Å². The van der Waals surface area contributed by atoms with Gasteiger partial charge in [0.2, 0.25) is 5.91 Å². The summed E-state index contributed by atoms with van der Waals surface area (Å²) in [5.41, 5.74) is 1.16. The van der Waals surface area contributed by atoms with E-state index in [-0.39, 0.29) is 31.3 Å². The van der Waals surface area contributed by atoms with Crippen LogP contribution in [0.4, 0.5) is 4.79 Å². The third kappa shape index (κ3) is 8.70. The second kappa shape index (κ2) is 14.3. The normalized spacial score (nSPS) is 12.2. The summed E-state index contributed by atoms with van der Waals surface area (Å²) in [6, 6.07) is 29.2. The molecule has 0 aliphatic carbocycles. The summed E-state index contributed by atoms with van der Waals surface area (Å²) in [5.74, 6) is -0.539. The molecule has 3 rings (SSSR count). The van der Waals surface area contributed by atoms with E-state index in [4.69, 9.17) is 9.47 Å². The van der Waals surface area contributed by atoms with Crippen LogP contribution in [0.5, 0.6) is 0 Å². The van der Waals surface area contributed by atoms with Crippen LogP contribution >= 0.6 is 0 Å². The van der Waals surface area contributed by atoms with E-state index in [0.717, 1.165) is 16.7 Å². The van der Waals surface area contributed by atoms with Crippen molar-refractivity contribution in [2.24, 2.45) is 0 Å². The lowest BCUT2D eigenvalue weighted by Crippen LogP contribution is -2.48. The lowest BCUT2D eigenvalue weighted by atomic mass is 9.77. The van der Waals surface area contributed by atoms with E-state index in [0.29, 0.717) is 12.8 Å². The maximum atomic E-state index is 13.7. The fraction of sp³-hybridized carbons (Fsp3) is 0.364. The largest absolute Gasteiger partial charge is 0.466 e. The average molecular weight is 545 g/mol. The zero-order valence-electron chi connectivity index (χ0n) is 23.8. The minimum Gasteiger partial charge on any atom is -0.466 e. The van der Waals surface area contributed by atoms with E-state index in [1.807, 2.05) is 91.0 Å². The summed E-state index contributed by atoms with van der Waals surface area (Å²) in [5, 5.41) is 6.17. The second-order valence-corrected chi connectivity index (χ2v) is 10.6. The monoisotopic (exact) mass is 544 g/mol. The molecule has 0 heterocycles. The number of carbonyl (C=O) groups is 3. The fourth-order valence-corrected chi connectivity index (χ4v) is 4.65. The molecule has 3 aromatic rings. The summed E-state index contributed by atoms with van der Waals surface area (Å²) in [6.45, 7) is 7.38. The Balaban J connectivity index is 1.86. The summed E-state index contributed by atoms with van der Waals surface area (Å²) < 4.78 is 10.5. The van der Waals surface area contributed by atoms with Crippen LogP contribution in [0, 0.1) is 0 Å². The predicted molar refractivity (Wildman–Crippen MR) is 156 cm³/mol. The minimum atomic E-state index is -0.931. The number of nitrogens with one attached hydrogen (secondary N) is 2. The van der Waals surface area contributed by atoms with Gasteiger partial charge in [0.1, 0.15) is 11.1 Å². The number of carbonyl (C=O) groups excluding carboxylic acids is 3. The zero-order valence-corrected chi connectivity index (χ0v) is 23.8. The van der Waals surface area contributed by atoms with Gasteiger partial charge in [-0.15, -0.1) is 0 Å². The molecule has 212 valence electrons. The Morgan fingerprint density at radius 1 is 0.725 bits per heavy atom. The molecule has 7 heteroatoms. The van der Waals surface area contributed by atoms with Gasteiger partial charge >= 0.3 is 12.1 Å². The number of hydrogen-bond donors (Lipinski definition) is 2. The van der Waals surface area contributed by atoms with Crippen molar-refractivity contribution < 1.29 is 23.9 Å². The maximum Gasteiger partial charge on any atom is 0.407 e. The van der Waals surface area contributed by atoms with Crippen molar-refractivity contribution in [3.63, 3.8) is 0 Å². The van der Waals surface area contributed by atoms with E-state index >= 15 is 0 Å². The van der Waals surface area contributed by atoms with Crippen LogP contribution in [0.3, 0.4) is 0 Å². The molecule has 0 radical (unpaired) electrons. The van der Waals surface area contributed by atoms with Gasteiger partial charge < -0.3 is 20.1 Å². The smallest absolute Gasteiger partial charge is 0.407 e. The Hall–Kier alpha value is -4.13. The fourth-order valence-electron chi connectivity index (χ4n) is 4.65. The van der Waals surface area contributed by atoms with Crippen molar-refractivity contribution >= 4 is 18.0 Å². The Morgan fingerprint density at radius 2 is 1.18 bits per heavy atom. The van der Waals surface area contributed by atoms with E-state index in [1.165, 1.54) is 0 Å². The van der Waals surface area contributed by atoms with Crippen LogP contribution in [0.25, 0.3) is 0 Å². The Kier molecular flexibility index (Phi) is 10.9. The highest BCUT2D eigenvalue weighted by molar-refractivity contribution is 5.79. The molecule has 0 aromatic heterocycles. The molecule has 7 nitrogen and oxygen atoms in total. The zero-order chi connectivity index (χ0) is 29.0. The van der Waals surface area contributed by atoms with Gasteiger partial charge in [-0.25, -0.2) is 4.79 Å². The Labute approximate surface area is 237 Å². The van der Waals surface area contributed by atoms with Gasteiger partial charge in [-0.1, -0.05) is 91.0 Å². The van der Waals surface area contributed by atoms with Crippen LogP contribution < -0.4 is 10.6 Å². The van der Waals surface area contributed by atoms with Crippen LogP contribution in [-0.2, 0) is 24.6 Å². The van der Waals surface area contributed by atoms with Crippen molar-refractivity contribution in [1.82, 2.24) is 10.6 Å². The van der Waals surface area contributed by atoms with Crippen molar-refractivity contribution in [2.45, 2.75) is 70.6 Å². The van der Waals surface area contributed by atoms with Crippen LogP contribution in [0.2, 0.25) is 0 Å². The first-order chi connectivity index (χ1) is 19.1. The first-order valence-corrected chi connectivity index (χ1v) is 13.8. The topological polar surface area (TPSA) is 93.7 Å². The van der Waals surface area contributed by atoms with Gasteiger partial charge in [-0.2, -0.15) is 0 Å². The number of alkyl carbamates (subject to hydrolysis) is 1. The lowest BCUT2D eigenvalue weighted by molar-refractivity contribution is -0.143. The SMILES string of the molecule is CCOC(=O)CC[C@H](CCC(=O)NC(c1ccccc1)(c1ccccc1)c1ccccc1)NC(=O)OC(C)(C)C. The van der Waals surface area contributed by atoms with Crippen molar-refractivity contribution in [1.29, 1.82) is 0 Å². The predicted octanol–water partition coefficient (Wildman–Crippen LogP) is 6.11. The highest BCUT2D eigenvalue weighted by atomic mass is 16.6. The summed E-state index contributed by atoms with van der Waals surface area (Å²) in [4.78, 5) is 38.2. The third-order valence-electron chi connectivity index (χ3n) is 6.39. The van der Waals surface area contributed by atoms with Gasteiger partial charge in [0.15, 0.2) is 0 Å². The van der Waals surface area contributed by atoms with Gasteiger partial charge in [-0.3, -0.25) is 9.59 Å². The molecular formula is C33H40N2O5. The number of hydrogen-bond acceptors (Lipinski definition) is 5. The van der Waals surface area contributed by atoms with E-state index in [2.05, 4.69) is 10.6 Å². The highest BCUT2D eigenvalue weighted by Gasteiger charge is 2.37. The second-order valence-electron chi connectivity index (χ2n) is 10.6. The van der Waals surface area contributed by atoms with E-state index < -0.39 is 23.3 Å². The summed E-state index contributed by atoms with van der Waals surface area (Å²) in [6.07, 6.45) is 0.301. The Bertz CT molecular complexity index is 1130. The molecule has 40 heavy (non-hydrogen) atoms. The first kappa shape index (κ1) is 30.4. The van der Waals surface area contributed by atoms with Gasteiger partial charge in [0.05, 0.1) is 6.61 Å². The average Bonchev–Trinajstić information content (AvgIpc) is 2.94. The first-order valence-electron chi connectivity index (χ1n) is 13.8. The van der Waals surface area contributed by atoms with E-state index in [9.17, 15) is 14.4 Å². The number of esters is 1. The number of amides is 2. The third-order valence-corrected chi connectivity index (χ3v) is 6.39. The van der Waals surface area contributed by atoms with Gasteiger partial charge in [0.25, 0.3) is 0 Å². The molecule has 0 aliphatic rings. The molecule has 0 bridgehead atoms. The molecular weight excluding hydrogens is 504 g/mol. The quantitative estimate of drug-likeness (QED) is 0.212. The van der Waals surface area contributed by atoms with Gasteiger partial charge in [0, 0.05) is 18.9 Å². The molecule has 0 unspecified atom stereocenters. The van der Waals surface area contributed by atoms with Gasteiger partial charge in [-0.05, 0) is 57.2 Å². The molecule has 0 aliphatic heterocycles. The lowest BCUT2D eigenvalue weighted by Gasteiger charge is -2.37. The van der Waals surface area contributed by atoms with Crippen molar-refractivity contribution in [2.75, 3.05) is 6.61 Å².